The van der Waals surface area contributed by atoms with E-state index in [1.807, 2.05) is 21.1 Å². The molecule has 0 unspecified atom stereocenters. The molecule has 0 radical (unpaired) electrons. The van der Waals surface area contributed by atoms with Crippen LogP contribution in [0.2, 0.25) is 0 Å². The monoisotopic (exact) mass is 178 g/mol. The summed E-state index contributed by atoms with van der Waals surface area (Å²) in [6, 6.07) is 0. The van der Waals surface area contributed by atoms with Gasteiger partial charge in [-0.1, -0.05) is 0 Å². The third-order valence-electron chi connectivity index (χ3n) is 0.610. The van der Waals surface area contributed by atoms with Crippen LogP contribution in [0.25, 0.3) is 0 Å². The van der Waals surface area contributed by atoms with Gasteiger partial charge in [-0.15, -0.1) is 0 Å². The van der Waals surface area contributed by atoms with Gasteiger partial charge < -0.3 is 14.7 Å². The Balaban J connectivity index is 0. The Labute approximate surface area is 71.8 Å². The van der Waals surface area contributed by atoms with Crippen LogP contribution in [0.4, 0.5) is 0 Å². The van der Waals surface area contributed by atoms with E-state index in [0.29, 0.717) is 4.48 Å². The highest BCUT2D eigenvalue weighted by Crippen LogP contribution is 1.86. The van der Waals surface area contributed by atoms with Crippen LogP contribution < -0.4 is 0 Å². The van der Waals surface area contributed by atoms with E-state index in [-0.39, 0.29) is 6.54 Å². The standard InChI is InChI=1S/C5H11NO2.C2H4O2/c1-6(2,3)4-5(7)8;1-2(3)4/h4H2,1-3H3;1H3,(H,3,4)/p+1. The molecule has 0 aromatic rings. The van der Waals surface area contributed by atoms with Gasteiger partial charge in [0.2, 0.25) is 0 Å². The van der Waals surface area contributed by atoms with E-state index in [9.17, 15) is 4.79 Å². The van der Waals surface area contributed by atoms with E-state index >= 15 is 0 Å². The Morgan fingerprint density at radius 2 is 1.42 bits per heavy atom. The Bertz CT molecular complexity index is 155. The van der Waals surface area contributed by atoms with E-state index < -0.39 is 11.9 Å². The molecule has 0 fully saturated rings. The lowest BCUT2D eigenvalue weighted by Crippen LogP contribution is -2.39. The quantitative estimate of drug-likeness (QED) is 0.577. The zero-order valence-electron chi connectivity index (χ0n) is 7.87. The van der Waals surface area contributed by atoms with Crippen LogP contribution in [0.15, 0.2) is 0 Å². The first-order chi connectivity index (χ1) is 5.15. The Morgan fingerprint density at radius 1 is 1.17 bits per heavy atom. The number of carboxylic acid groups (broad SMARTS) is 2. The van der Waals surface area contributed by atoms with Crippen molar-refractivity contribution in [2.24, 2.45) is 0 Å². The first kappa shape index (κ1) is 13.5. The molecule has 0 spiro atoms. The molecule has 0 aromatic heterocycles. The number of aliphatic carboxylic acids is 2. The lowest BCUT2D eigenvalue weighted by atomic mass is 10.5. The van der Waals surface area contributed by atoms with Crippen molar-refractivity contribution >= 4 is 11.9 Å². The van der Waals surface area contributed by atoms with Crippen molar-refractivity contribution in [3.63, 3.8) is 0 Å². The fourth-order valence-corrected chi connectivity index (χ4v) is 0.406. The van der Waals surface area contributed by atoms with Gasteiger partial charge in [-0.05, 0) is 0 Å². The molecular weight excluding hydrogens is 162 g/mol. The molecule has 5 nitrogen and oxygen atoms in total. The zero-order chi connectivity index (χ0) is 10.4. The minimum atomic E-state index is -0.833. The van der Waals surface area contributed by atoms with Crippen molar-refractivity contribution in [3.8, 4) is 0 Å². The average Bonchev–Trinajstić information content (AvgIpc) is 1.52. The van der Waals surface area contributed by atoms with Crippen LogP contribution in [0.3, 0.4) is 0 Å². The normalized spacial score (nSPS) is 9.67. The number of rotatable bonds is 2. The first-order valence-corrected chi connectivity index (χ1v) is 3.37. The lowest BCUT2D eigenvalue weighted by Gasteiger charge is -2.20. The molecule has 0 rings (SSSR count). The lowest BCUT2D eigenvalue weighted by molar-refractivity contribution is -0.862. The first-order valence-electron chi connectivity index (χ1n) is 3.37. The summed E-state index contributed by atoms with van der Waals surface area (Å²) in [5.41, 5.74) is 0. The molecule has 0 saturated heterocycles. The summed E-state index contributed by atoms with van der Waals surface area (Å²) >= 11 is 0. The van der Waals surface area contributed by atoms with Gasteiger partial charge in [-0.2, -0.15) is 0 Å². The number of carbonyl (C=O) groups is 2. The van der Waals surface area contributed by atoms with Gasteiger partial charge in [0.1, 0.15) is 0 Å². The Hall–Kier alpha value is -1.10. The second-order valence-corrected chi connectivity index (χ2v) is 3.36. The molecule has 0 aliphatic rings. The van der Waals surface area contributed by atoms with Crippen LogP contribution in [0.1, 0.15) is 6.92 Å². The number of likely N-dealkylation sites (N-methyl/N-ethyl adjacent to an activating group) is 1. The highest BCUT2D eigenvalue weighted by molar-refractivity contribution is 5.67. The largest absolute Gasteiger partial charge is 0.481 e. The summed E-state index contributed by atoms with van der Waals surface area (Å²) in [6.07, 6.45) is 0. The van der Waals surface area contributed by atoms with Crippen molar-refractivity contribution in [1.82, 2.24) is 0 Å². The van der Waals surface area contributed by atoms with E-state index in [1.165, 1.54) is 0 Å². The second-order valence-electron chi connectivity index (χ2n) is 3.36. The van der Waals surface area contributed by atoms with Gasteiger partial charge in [0.15, 0.2) is 6.54 Å². The predicted molar refractivity (Wildman–Crippen MR) is 43.8 cm³/mol. The molecule has 0 amide bonds. The summed E-state index contributed by atoms with van der Waals surface area (Å²) in [6.45, 7) is 1.26. The maximum Gasteiger partial charge on any atom is 0.359 e. The second kappa shape index (κ2) is 5.54. The SMILES string of the molecule is CC(=O)O.C[N+](C)(C)CC(=O)O. The van der Waals surface area contributed by atoms with Crippen molar-refractivity contribution in [1.29, 1.82) is 0 Å². The summed E-state index contributed by atoms with van der Waals surface area (Å²) in [5.74, 6) is -1.59. The van der Waals surface area contributed by atoms with E-state index in [0.717, 1.165) is 6.92 Å². The van der Waals surface area contributed by atoms with Gasteiger partial charge in [-0.25, -0.2) is 4.79 Å². The average molecular weight is 178 g/mol. The van der Waals surface area contributed by atoms with Gasteiger partial charge in [0.05, 0.1) is 21.1 Å². The maximum absolute atomic E-state index is 10.00. The van der Waals surface area contributed by atoms with E-state index in [4.69, 9.17) is 15.0 Å². The molecule has 0 aromatic carbocycles. The van der Waals surface area contributed by atoms with Crippen LogP contribution in [0.5, 0.6) is 0 Å². The number of quaternary nitrogens is 1. The topological polar surface area (TPSA) is 74.6 Å². The minimum absolute atomic E-state index is 0.181. The van der Waals surface area contributed by atoms with Crippen LogP contribution in [0, 0.1) is 0 Å². The van der Waals surface area contributed by atoms with Crippen LogP contribution in [-0.2, 0) is 9.59 Å². The Morgan fingerprint density at radius 3 is 1.42 bits per heavy atom. The van der Waals surface area contributed by atoms with Gasteiger partial charge >= 0.3 is 5.97 Å². The summed E-state index contributed by atoms with van der Waals surface area (Å²) < 4.78 is 0.481. The number of carboxylic acids is 2. The molecule has 2 N–H and O–H groups in total. The molecule has 0 aliphatic carbocycles. The number of hydrogen-bond acceptors (Lipinski definition) is 2. The summed E-state index contributed by atoms with van der Waals surface area (Å²) in [5, 5.41) is 15.7. The number of nitrogens with zero attached hydrogens (tertiary/aromatic N) is 1. The highest BCUT2D eigenvalue weighted by atomic mass is 16.4. The molecule has 0 heterocycles. The van der Waals surface area contributed by atoms with Gasteiger partial charge in [0, 0.05) is 6.92 Å². The molecule has 0 atom stereocenters. The molecule has 0 saturated carbocycles. The molecule has 0 bridgehead atoms. The molecular formula is C7H16NO4+. The third-order valence-corrected chi connectivity index (χ3v) is 0.610. The Kier molecular flexibility index (Phi) is 6.22. The van der Waals surface area contributed by atoms with Gasteiger partial charge in [-0.3, -0.25) is 4.79 Å². The predicted octanol–water partition coefficient (Wildman–Crippen LogP) is -0.132. The maximum atomic E-state index is 10.00. The third kappa shape index (κ3) is 36.5. The van der Waals surface area contributed by atoms with E-state index in [1.54, 1.807) is 0 Å². The van der Waals surface area contributed by atoms with Crippen molar-refractivity contribution < 1.29 is 24.3 Å². The van der Waals surface area contributed by atoms with Crippen LogP contribution >= 0.6 is 0 Å². The molecule has 5 heteroatoms. The summed E-state index contributed by atoms with van der Waals surface area (Å²) in [7, 11) is 5.52. The molecule has 72 valence electrons. The van der Waals surface area contributed by atoms with E-state index in [2.05, 4.69) is 0 Å². The number of hydrogen-bond donors (Lipinski definition) is 2. The zero-order valence-corrected chi connectivity index (χ0v) is 7.87. The summed E-state index contributed by atoms with van der Waals surface area (Å²) in [4.78, 5) is 19.0. The fraction of sp³-hybridized carbons (Fsp3) is 0.714. The van der Waals surface area contributed by atoms with Gasteiger partial charge in [0.25, 0.3) is 5.97 Å². The highest BCUT2D eigenvalue weighted by Gasteiger charge is 2.11. The molecule has 12 heavy (non-hydrogen) atoms. The van der Waals surface area contributed by atoms with Crippen molar-refractivity contribution in [3.05, 3.63) is 0 Å². The van der Waals surface area contributed by atoms with Crippen molar-refractivity contribution in [2.75, 3.05) is 27.7 Å². The van der Waals surface area contributed by atoms with Crippen LogP contribution in [-0.4, -0.2) is 54.3 Å². The molecule has 0 aliphatic heterocycles. The smallest absolute Gasteiger partial charge is 0.359 e. The fourth-order valence-electron chi connectivity index (χ4n) is 0.406. The minimum Gasteiger partial charge on any atom is -0.481 e. The van der Waals surface area contributed by atoms with Crippen molar-refractivity contribution in [2.45, 2.75) is 6.92 Å².